The first-order valence-corrected chi connectivity index (χ1v) is 6.43. The number of halogens is 2. The van der Waals surface area contributed by atoms with E-state index < -0.39 is 0 Å². The van der Waals surface area contributed by atoms with Gasteiger partial charge in [0.05, 0.1) is 0 Å². The molecule has 52 valence electrons. The summed E-state index contributed by atoms with van der Waals surface area (Å²) in [5.41, 5.74) is 1.07. The van der Waals surface area contributed by atoms with Crippen molar-refractivity contribution in [2.45, 2.75) is 0 Å². The van der Waals surface area contributed by atoms with Crippen molar-refractivity contribution in [1.82, 2.24) is 0 Å². The van der Waals surface area contributed by atoms with E-state index in [1.807, 2.05) is 30.3 Å². The van der Waals surface area contributed by atoms with Crippen molar-refractivity contribution >= 4 is 26.7 Å². The second-order valence-corrected chi connectivity index (χ2v) is 1.49. The first-order chi connectivity index (χ1) is 4.39. The molecule has 0 aliphatic rings. The van der Waals surface area contributed by atoms with Crippen LogP contribution < -0.4 is 0 Å². The molecule has 0 unspecified atom stereocenters. The van der Waals surface area contributed by atoms with Crippen LogP contribution in [0.1, 0.15) is 5.56 Å². The molecule has 0 fully saturated rings. The van der Waals surface area contributed by atoms with Crippen molar-refractivity contribution in [3.63, 3.8) is 0 Å². The van der Waals surface area contributed by atoms with E-state index >= 15 is 0 Å². The Balaban J connectivity index is 0. The quantitative estimate of drug-likeness (QED) is 0.503. The van der Waals surface area contributed by atoms with E-state index in [9.17, 15) is 0 Å². The van der Waals surface area contributed by atoms with Crippen LogP contribution in [0.2, 0.25) is 0 Å². The number of rotatable bonds is 0. The molecule has 3 heteroatoms. The van der Waals surface area contributed by atoms with Gasteiger partial charge in [0.2, 0.25) is 0 Å². The first kappa shape index (κ1) is 13.1. The third kappa shape index (κ3) is 6.60. The molecule has 0 aliphatic heterocycles. The van der Waals surface area contributed by atoms with Gasteiger partial charge in [0, 0.05) is 0 Å². The fraction of sp³-hybridized carbons (Fsp3) is 0. The van der Waals surface area contributed by atoms with Gasteiger partial charge in [-0.1, -0.05) is 6.07 Å². The second kappa shape index (κ2) is 9.48. The Hall–Kier alpha value is 0.483. The van der Waals surface area contributed by atoms with Gasteiger partial charge in [0.15, 0.2) is 0 Å². The zero-order valence-corrected chi connectivity index (χ0v) is 11.0. The van der Waals surface area contributed by atoms with Crippen LogP contribution in [0.5, 0.6) is 0 Å². The summed E-state index contributed by atoms with van der Waals surface area (Å²) < 4.78 is 0. The molecule has 0 amide bonds. The van der Waals surface area contributed by atoms with Gasteiger partial charge in [0.25, 0.3) is 0 Å². The monoisotopic (exact) mass is 270 g/mol. The molecular weight excluding hydrogens is 265 g/mol. The van der Waals surface area contributed by atoms with Gasteiger partial charge >= 0.3 is 27.0 Å². The summed E-state index contributed by atoms with van der Waals surface area (Å²) in [7, 11) is 4.76. The third-order valence-corrected chi connectivity index (χ3v) is 0.843. The van der Waals surface area contributed by atoms with Crippen molar-refractivity contribution in [3.8, 4) is 0 Å². The van der Waals surface area contributed by atoms with E-state index in [1.165, 1.54) is 0 Å². The van der Waals surface area contributed by atoms with Crippen molar-refractivity contribution < 1.29 is 17.3 Å². The normalized spacial score (nSPS) is 6.70. The molecule has 0 aliphatic carbocycles. The molecule has 0 nitrogen and oxygen atoms in total. The summed E-state index contributed by atoms with van der Waals surface area (Å²) in [6.45, 7) is 3.72. The SMILES string of the molecule is Br.[CH2-]c1ccccc1.[Cl][Zn+]. The Labute approximate surface area is 86.5 Å². The molecule has 1 rings (SSSR count). The van der Waals surface area contributed by atoms with Crippen molar-refractivity contribution in [1.29, 1.82) is 0 Å². The molecule has 0 saturated carbocycles. The van der Waals surface area contributed by atoms with Gasteiger partial charge in [0.1, 0.15) is 0 Å². The molecule has 0 atom stereocenters. The Bertz CT molecular complexity index is 144. The van der Waals surface area contributed by atoms with Gasteiger partial charge in [-0.3, -0.25) is 0 Å². The van der Waals surface area contributed by atoms with Crippen LogP contribution in [0.3, 0.4) is 0 Å². The van der Waals surface area contributed by atoms with Crippen LogP contribution in [0.15, 0.2) is 30.3 Å². The van der Waals surface area contributed by atoms with Crippen molar-refractivity contribution in [2.24, 2.45) is 0 Å². The molecule has 0 aromatic heterocycles. The van der Waals surface area contributed by atoms with Crippen LogP contribution in [0.4, 0.5) is 0 Å². The van der Waals surface area contributed by atoms with Crippen molar-refractivity contribution in [3.05, 3.63) is 42.8 Å². The summed E-state index contributed by atoms with van der Waals surface area (Å²) in [6, 6.07) is 9.87. The van der Waals surface area contributed by atoms with E-state index in [1.54, 1.807) is 0 Å². The minimum atomic E-state index is 0. The van der Waals surface area contributed by atoms with Crippen LogP contribution in [0.25, 0.3) is 0 Å². The Morgan fingerprint density at radius 3 is 1.70 bits per heavy atom. The maximum atomic E-state index is 4.76. The molecule has 0 radical (unpaired) electrons. The third-order valence-electron chi connectivity index (χ3n) is 0.843. The molecule has 0 saturated heterocycles. The van der Waals surface area contributed by atoms with E-state index in [0.717, 1.165) is 22.9 Å². The zero-order chi connectivity index (χ0) is 7.11. The van der Waals surface area contributed by atoms with Gasteiger partial charge in [-0.05, 0) is 0 Å². The number of hydrogen-bond donors (Lipinski definition) is 0. The molecule has 0 spiro atoms. The van der Waals surface area contributed by atoms with E-state index in [4.69, 9.17) is 9.69 Å². The Kier molecular flexibility index (Phi) is 12.4. The average molecular weight is 273 g/mol. The zero-order valence-electron chi connectivity index (χ0n) is 5.59. The van der Waals surface area contributed by atoms with Gasteiger partial charge in [-0.2, -0.15) is 24.6 Å². The number of benzene rings is 1. The predicted molar refractivity (Wildman–Crippen MR) is 47.1 cm³/mol. The predicted octanol–water partition coefficient (Wildman–Crippen LogP) is 3.13. The number of hydrogen-bond acceptors (Lipinski definition) is 0. The van der Waals surface area contributed by atoms with E-state index in [2.05, 4.69) is 6.92 Å². The summed E-state index contributed by atoms with van der Waals surface area (Å²) in [6.07, 6.45) is 0. The fourth-order valence-electron chi connectivity index (χ4n) is 0.478. The minimum absolute atomic E-state index is 0. The van der Waals surface area contributed by atoms with Crippen molar-refractivity contribution in [2.75, 3.05) is 0 Å². The maximum absolute atomic E-state index is 4.76. The van der Waals surface area contributed by atoms with Crippen LogP contribution in [-0.2, 0) is 17.3 Å². The fourth-order valence-corrected chi connectivity index (χ4v) is 0.478. The first-order valence-electron chi connectivity index (χ1n) is 2.53. The van der Waals surface area contributed by atoms with Gasteiger partial charge in [-0.15, -0.1) is 29.1 Å². The summed E-state index contributed by atoms with van der Waals surface area (Å²) >= 11 is 0.847. The van der Waals surface area contributed by atoms with Gasteiger partial charge < -0.3 is 0 Å². The standard InChI is InChI=1S/C7H7.BrH.ClH.Zn/c1-7-5-3-2-4-6-7;;;/h2-6H,1H2;2*1H;/q-1;;;+2/p-1. The molecule has 0 heterocycles. The molecular formula is C7H8BrClZn. The molecule has 0 N–H and O–H groups in total. The molecule has 1 aromatic rings. The molecule has 1 aromatic carbocycles. The van der Waals surface area contributed by atoms with Gasteiger partial charge in [-0.25, -0.2) is 0 Å². The Morgan fingerprint density at radius 2 is 1.50 bits per heavy atom. The van der Waals surface area contributed by atoms with Crippen LogP contribution in [-0.4, -0.2) is 0 Å². The topological polar surface area (TPSA) is 0 Å². The molecule has 10 heavy (non-hydrogen) atoms. The molecule has 0 bridgehead atoms. The van der Waals surface area contributed by atoms with Crippen LogP contribution in [0, 0.1) is 6.92 Å². The van der Waals surface area contributed by atoms with Crippen LogP contribution >= 0.6 is 26.7 Å². The second-order valence-electron chi connectivity index (χ2n) is 1.49. The average Bonchev–Trinajstić information content (AvgIpc) is 1.94. The van der Waals surface area contributed by atoms with E-state index in [-0.39, 0.29) is 17.0 Å². The summed E-state index contributed by atoms with van der Waals surface area (Å²) in [5.74, 6) is 0. The van der Waals surface area contributed by atoms with E-state index in [0.29, 0.717) is 0 Å². The summed E-state index contributed by atoms with van der Waals surface area (Å²) in [5, 5.41) is 0. The Morgan fingerprint density at radius 1 is 1.10 bits per heavy atom. The summed E-state index contributed by atoms with van der Waals surface area (Å²) in [4.78, 5) is 0.